The van der Waals surface area contributed by atoms with Crippen LogP contribution in [0.15, 0.2) is 28.7 Å². The van der Waals surface area contributed by atoms with Crippen molar-refractivity contribution < 1.29 is 14.6 Å². The van der Waals surface area contributed by atoms with Gasteiger partial charge in [0.2, 0.25) is 0 Å². The molecule has 0 radical (unpaired) electrons. The summed E-state index contributed by atoms with van der Waals surface area (Å²) in [5, 5.41) is 18.2. The number of furan rings is 1. The van der Waals surface area contributed by atoms with E-state index in [1.54, 1.807) is 18.2 Å². The number of aliphatic hydroxyl groups excluding tert-OH is 2. The van der Waals surface area contributed by atoms with Gasteiger partial charge in [0.15, 0.2) is 0 Å². The molecule has 0 aliphatic heterocycles. The number of aliphatic hydroxyl groups is 2. The van der Waals surface area contributed by atoms with E-state index < -0.39 is 6.10 Å². The Bertz CT molecular complexity index is 288. The molecule has 1 rings (SSSR count). The van der Waals surface area contributed by atoms with Crippen LogP contribution < -0.4 is 0 Å². The minimum absolute atomic E-state index is 0.160. The lowest BCUT2D eigenvalue weighted by Crippen LogP contribution is -1.90. The van der Waals surface area contributed by atoms with Crippen molar-refractivity contribution in [2.45, 2.75) is 25.9 Å². The molecule has 0 bridgehead atoms. The third-order valence-electron chi connectivity index (χ3n) is 1.93. The van der Waals surface area contributed by atoms with Gasteiger partial charge in [0.1, 0.15) is 17.6 Å². The first-order chi connectivity index (χ1) is 6.77. The number of allylic oxidation sites excluding steroid dienone is 1. The third-order valence-corrected chi connectivity index (χ3v) is 1.93. The Morgan fingerprint density at radius 3 is 2.93 bits per heavy atom. The maximum atomic E-state index is 9.53. The molecule has 1 heterocycles. The second kappa shape index (κ2) is 5.62. The summed E-state index contributed by atoms with van der Waals surface area (Å²) < 4.78 is 5.39. The van der Waals surface area contributed by atoms with Crippen LogP contribution in [0.3, 0.4) is 0 Å². The van der Waals surface area contributed by atoms with Crippen LogP contribution in [0.2, 0.25) is 0 Å². The normalized spacial score (nSPS) is 13.6. The molecule has 0 saturated carbocycles. The van der Waals surface area contributed by atoms with Gasteiger partial charge >= 0.3 is 0 Å². The van der Waals surface area contributed by atoms with Crippen LogP contribution in [0, 0.1) is 0 Å². The van der Waals surface area contributed by atoms with E-state index in [2.05, 4.69) is 0 Å². The summed E-state index contributed by atoms with van der Waals surface area (Å²) >= 11 is 0. The highest BCUT2D eigenvalue weighted by Gasteiger charge is 2.08. The van der Waals surface area contributed by atoms with Gasteiger partial charge in [-0.15, -0.1) is 0 Å². The van der Waals surface area contributed by atoms with Crippen LogP contribution in [-0.2, 0) is 6.42 Å². The van der Waals surface area contributed by atoms with Gasteiger partial charge in [0.25, 0.3) is 0 Å². The van der Waals surface area contributed by atoms with Gasteiger partial charge in [-0.3, -0.25) is 0 Å². The van der Waals surface area contributed by atoms with Crippen molar-refractivity contribution in [3.8, 4) is 0 Å². The minimum atomic E-state index is -0.664. The van der Waals surface area contributed by atoms with E-state index in [0.29, 0.717) is 18.6 Å². The monoisotopic (exact) mass is 196 g/mol. The van der Waals surface area contributed by atoms with Crippen molar-refractivity contribution in [3.63, 3.8) is 0 Å². The molecule has 0 fully saturated rings. The SMILES string of the molecule is C/C=C/C(O)c1ccc(CCCO)o1. The van der Waals surface area contributed by atoms with Crippen molar-refractivity contribution in [2.75, 3.05) is 6.61 Å². The molecule has 0 spiro atoms. The molecule has 1 aromatic heterocycles. The standard InChI is InChI=1S/C11H16O3/c1-2-4-10(13)11-7-6-9(14-11)5-3-8-12/h2,4,6-7,10,12-13H,3,5,8H2,1H3/b4-2+. The van der Waals surface area contributed by atoms with E-state index in [1.807, 2.05) is 13.0 Å². The van der Waals surface area contributed by atoms with Gasteiger partial charge in [-0.25, -0.2) is 0 Å². The van der Waals surface area contributed by atoms with Crippen molar-refractivity contribution in [1.82, 2.24) is 0 Å². The van der Waals surface area contributed by atoms with Gasteiger partial charge in [0, 0.05) is 13.0 Å². The fourth-order valence-corrected chi connectivity index (χ4v) is 1.22. The van der Waals surface area contributed by atoms with E-state index in [-0.39, 0.29) is 6.61 Å². The number of hydrogen-bond donors (Lipinski definition) is 2. The summed E-state index contributed by atoms with van der Waals surface area (Å²) in [5.41, 5.74) is 0. The molecule has 2 N–H and O–H groups in total. The molecule has 3 nitrogen and oxygen atoms in total. The summed E-state index contributed by atoms with van der Waals surface area (Å²) in [6, 6.07) is 3.59. The van der Waals surface area contributed by atoms with Crippen molar-refractivity contribution in [3.05, 3.63) is 35.8 Å². The van der Waals surface area contributed by atoms with Crippen LogP contribution in [0.1, 0.15) is 31.0 Å². The topological polar surface area (TPSA) is 53.6 Å². The van der Waals surface area contributed by atoms with E-state index in [9.17, 15) is 5.11 Å². The average molecular weight is 196 g/mol. The minimum Gasteiger partial charge on any atom is -0.463 e. The number of hydrogen-bond acceptors (Lipinski definition) is 3. The Balaban J connectivity index is 2.58. The van der Waals surface area contributed by atoms with Gasteiger partial charge in [-0.1, -0.05) is 12.2 Å². The van der Waals surface area contributed by atoms with Crippen LogP contribution in [0.25, 0.3) is 0 Å². The van der Waals surface area contributed by atoms with E-state index in [0.717, 1.165) is 5.76 Å². The van der Waals surface area contributed by atoms with Gasteiger partial charge in [-0.05, 0) is 25.5 Å². The molecule has 78 valence electrons. The lowest BCUT2D eigenvalue weighted by molar-refractivity contribution is 0.193. The highest BCUT2D eigenvalue weighted by Crippen LogP contribution is 2.18. The lowest BCUT2D eigenvalue weighted by atomic mass is 10.2. The zero-order valence-electron chi connectivity index (χ0n) is 8.31. The predicted molar refractivity (Wildman–Crippen MR) is 53.9 cm³/mol. The van der Waals surface area contributed by atoms with Crippen LogP contribution >= 0.6 is 0 Å². The molecular weight excluding hydrogens is 180 g/mol. The molecule has 14 heavy (non-hydrogen) atoms. The fourth-order valence-electron chi connectivity index (χ4n) is 1.22. The van der Waals surface area contributed by atoms with Crippen molar-refractivity contribution in [1.29, 1.82) is 0 Å². The molecule has 0 aromatic carbocycles. The largest absolute Gasteiger partial charge is 0.463 e. The zero-order valence-corrected chi connectivity index (χ0v) is 8.31. The Labute approximate surface area is 83.7 Å². The average Bonchev–Trinajstić information content (AvgIpc) is 2.63. The van der Waals surface area contributed by atoms with Crippen molar-refractivity contribution >= 4 is 0 Å². The lowest BCUT2D eigenvalue weighted by Gasteiger charge is -2.00. The summed E-state index contributed by atoms with van der Waals surface area (Å²) in [5.74, 6) is 1.36. The second-order valence-corrected chi connectivity index (χ2v) is 3.10. The first-order valence-corrected chi connectivity index (χ1v) is 4.78. The van der Waals surface area contributed by atoms with Crippen molar-refractivity contribution in [2.24, 2.45) is 0 Å². The Kier molecular flexibility index (Phi) is 4.43. The third kappa shape index (κ3) is 3.01. The molecule has 1 aromatic rings. The molecule has 0 aliphatic rings. The Hall–Kier alpha value is -1.06. The van der Waals surface area contributed by atoms with E-state index >= 15 is 0 Å². The van der Waals surface area contributed by atoms with Gasteiger partial charge in [0.05, 0.1) is 0 Å². The van der Waals surface area contributed by atoms with Crippen LogP contribution in [0.5, 0.6) is 0 Å². The van der Waals surface area contributed by atoms with E-state index in [4.69, 9.17) is 9.52 Å². The molecule has 0 saturated heterocycles. The van der Waals surface area contributed by atoms with Gasteiger partial charge in [-0.2, -0.15) is 0 Å². The van der Waals surface area contributed by atoms with Gasteiger partial charge < -0.3 is 14.6 Å². The molecule has 3 heteroatoms. The highest BCUT2D eigenvalue weighted by molar-refractivity contribution is 5.13. The quantitative estimate of drug-likeness (QED) is 0.706. The maximum Gasteiger partial charge on any atom is 0.136 e. The number of aryl methyl sites for hydroxylation is 1. The molecule has 0 aliphatic carbocycles. The summed E-state index contributed by atoms with van der Waals surface area (Å²) in [6.07, 6.45) is 4.17. The molecular formula is C11H16O3. The fraction of sp³-hybridized carbons (Fsp3) is 0.455. The summed E-state index contributed by atoms with van der Waals surface area (Å²) in [4.78, 5) is 0. The Morgan fingerprint density at radius 1 is 1.50 bits per heavy atom. The smallest absolute Gasteiger partial charge is 0.136 e. The zero-order chi connectivity index (χ0) is 10.4. The predicted octanol–water partition coefficient (Wildman–Crippen LogP) is 1.81. The number of rotatable bonds is 5. The first-order valence-electron chi connectivity index (χ1n) is 4.78. The molecule has 1 unspecified atom stereocenters. The first kappa shape index (κ1) is 11.0. The Morgan fingerprint density at radius 2 is 2.29 bits per heavy atom. The summed E-state index contributed by atoms with van der Waals surface area (Å²) in [7, 11) is 0. The second-order valence-electron chi connectivity index (χ2n) is 3.10. The highest BCUT2D eigenvalue weighted by atomic mass is 16.4. The van der Waals surface area contributed by atoms with Crippen LogP contribution in [0.4, 0.5) is 0 Å². The molecule has 1 atom stereocenters. The summed E-state index contributed by atoms with van der Waals surface area (Å²) in [6.45, 7) is 2.01. The maximum absolute atomic E-state index is 9.53. The van der Waals surface area contributed by atoms with Crippen LogP contribution in [-0.4, -0.2) is 16.8 Å². The van der Waals surface area contributed by atoms with E-state index in [1.165, 1.54) is 0 Å². The molecule has 0 amide bonds.